The van der Waals surface area contributed by atoms with Crippen LogP contribution in [0.15, 0.2) is 54.0 Å². The number of hydrogen-bond acceptors (Lipinski definition) is 5. The molecule has 1 amide bonds. The third-order valence-electron chi connectivity index (χ3n) is 3.60. The minimum Gasteiger partial charge on any atom is -0.326 e. The Balaban J connectivity index is 1.57. The van der Waals surface area contributed by atoms with Gasteiger partial charge in [0.1, 0.15) is 5.01 Å². The van der Waals surface area contributed by atoms with Crippen molar-refractivity contribution < 1.29 is 9.59 Å². The van der Waals surface area contributed by atoms with Crippen molar-refractivity contribution in [3.63, 3.8) is 0 Å². The number of ketones is 1. The summed E-state index contributed by atoms with van der Waals surface area (Å²) < 4.78 is 0. The number of pyridine rings is 1. The fourth-order valence-corrected chi connectivity index (χ4v) is 3.14. The summed E-state index contributed by atoms with van der Waals surface area (Å²) in [6, 6.07) is 12.6. The van der Waals surface area contributed by atoms with Crippen molar-refractivity contribution in [2.45, 2.75) is 19.8 Å². The van der Waals surface area contributed by atoms with Gasteiger partial charge in [-0.1, -0.05) is 18.2 Å². The first-order chi connectivity index (χ1) is 12.1. The van der Waals surface area contributed by atoms with Crippen LogP contribution in [0.25, 0.3) is 10.7 Å². The Labute approximate surface area is 149 Å². The van der Waals surface area contributed by atoms with Crippen LogP contribution in [0.5, 0.6) is 0 Å². The van der Waals surface area contributed by atoms with Crippen molar-refractivity contribution in [1.82, 2.24) is 9.97 Å². The second kappa shape index (κ2) is 7.81. The van der Waals surface area contributed by atoms with E-state index in [-0.39, 0.29) is 11.7 Å². The number of carbonyl (C=O) groups is 2. The number of nitrogens with zero attached hydrogens (tertiary/aromatic N) is 2. The van der Waals surface area contributed by atoms with Crippen LogP contribution < -0.4 is 5.32 Å². The fraction of sp³-hybridized carbons (Fsp3) is 0.158. The van der Waals surface area contributed by atoms with Gasteiger partial charge in [-0.25, -0.2) is 4.98 Å². The Bertz CT molecular complexity index is 890. The minimum absolute atomic E-state index is 0.0272. The van der Waals surface area contributed by atoms with Crippen molar-refractivity contribution in [3.8, 4) is 10.7 Å². The molecule has 0 unspecified atom stereocenters. The van der Waals surface area contributed by atoms with Gasteiger partial charge in [-0.15, -0.1) is 11.3 Å². The molecular formula is C19H17N3O2S. The monoisotopic (exact) mass is 351 g/mol. The quantitative estimate of drug-likeness (QED) is 0.682. The second-order valence-corrected chi connectivity index (χ2v) is 6.40. The summed E-state index contributed by atoms with van der Waals surface area (Å²) in [6.07, 6.45) is 2.62. The van der Waals surface area contributed by atoms with Crippen LogP contribution in [0, 0.1) is 0 Å². The average Bonchev–Trinajstić information content (AvgIpc) is 3.10. The number of aryl methyl sites for hydroxylation is 1. The predicted molar refractivity (Wildman–Crippen MR) is 98.7 cm³/mol. The number of anilines is 1. The van der Waals surface area contributed by atoms with Gasteiger partial charge in [0.15, 0.2) is 5.78 Å². The molecule has 0 aliphatic carbocycles. The van der Waals surface area contributed by atoms with E-state index >= 15 is 0 Å². The van der Waals surface area contributed by atoms with E-state index in [0.29, 0.717) is 24.1 Å². The summed E-state index contributed by atoms with van der Waals surface area (Å²) in [6.45, 7) is 1.50. The molecule has 1 N–H and O–H groups in total. The van der Waals surface area contributed by atoms with Crippen molar-refractivity contribution in [3.05, 3.63) is 65.3 Å². The van der Waals surface area contributed by atoms with Crippen molar-refractivity contribution in [2.75, 3.05) is 5.32 Å². The molecule has 25 heavy (non-hydrogen) atoms. The number of aromatic nitrogens is 2. The summed E-state index contributed by atoms with van der Waals surface area (Å²) in [5.74, 6) is -0.131. The van der Waals surface area contributed by atoms with Crippen molar-refractivity contribution in [2.24, 2.45) is 0 Å². The Morgan fingerprint density at radius 3 is 2.80 bits per heavy atom. The zero-order valence-corrected chi connectivity index (χ0v) is 14.5. The Hall–Kier alpha value is -2.86. The van der Waals surface area contributed by atoms with E-state index in [1.807, 2.05) is 23.6 Å². The molecule has 6 heteroatoms. The van der Waals surface area contributed by atoms with Crippen LogP contribution in [0.3, 0.4) is 0 Å². The van der Waals surface area contributed by atoms with Gasteiger partial charge in [-0.2, -0.15) is 0 Å². The lowest BCUT2D eigenvalue weighted by Gasteiger charge is -2.05. The highest BCUT2D eigenvalue weighted by molar-refractivity contribution is 7.13. The van der Waals surface area contributed by atoms with Gasteiger partial charge in [-0.05, 0) is 37.6 Å². The summed E-state index contributed by atoms with van der Waals surface area (Å²) in [5.41, 5.74) is 2.92. The number of benzene rings is 1. The first-order valence-electron chi connectivity index (χ1n) is 7.88. The SMILES string of the molecule is CC(=O)c1cccc(NC(=O)CCc2csc(-c3ccccn3)n2)c1. The van der Waals surface area contributed by atoms with Gasteiger partial charge < -0.3 is 5.32 Å². The number of carbonyl (C=O) groups excluding carboxylic acids is 2. The van der Waals surface area contributed by atoms with Crippen LogP contribution >= 0.6 is 11.3 Å². The smallest absolute Gasteiger partial charge is 0.224 e. The van der Waals surface area contributed by atoms with Gasteiger partial charge in [0, 0.05) is 29.2 Å². The summed E-state index contributed by atoms with van der Waals surface area (Å²) in [5, 5.41) is 5.62. The van der Waals surface area contributed by atoms with E-state index in [4.69, 9.17) is 0 Å². The van der Waals surface area contributed by atoms with Crippen LogP contribution in [-0.4, -0.2) is 21.7 Å². The maximum atomic E-state index is 12.1. The molecular weight excluding hydrogens is 334 g/mol. The third-order valence-corrected chi connectivity index (χ3v) is 4.51. The first-order valence-corrected chi connectivity index (χ1v) is 8.76. The van der Waals surface area contributed by atoms with Gasteiger partial charge in [-0.3, -0.25) is 14.6 Å². The zero-order valence-electron chi connectivity index (χ0n) is 13.7. The molecule has 0 saturated heterocycles. The van der Waals surface area contributed by atoms with E-state index in [0.717, 1.165) is 16.4 Å². The lowest BCUT2D eigenvalue weighted by Crippen LogP contribution is -2.12. The molecule has 126 valence electrons. The topological polar surface area (TPSA) is 72.0 Å². The van der Waals surface area contributed by atoms with Gasteiger partial charge in [0.2, 0.25) is 5.91 Å². The van der Waals surface area contributed by atoms with Gasteiger partial charge >= 0.3 is 0 Å². The van der Waals surface area contributed by atoms with Gasteiger partial charge in [0.25, 0.3) is 0 Å². The average molecular weight is 351 g/mol. The molecule has 0 aliphatic rings. The van der Waals surface area contributed by atoms with Crippen molar-refractivity contribution >= 4 is 28.7 Å². The van der Waals surface area contributed by atoms with E-state index < -0.39 is 0 Å². The molecule has 0 spiro atoms. The number of amides is 1. The standard InChI is InChI=1S/C19H17N3O2S/c1-13(23)14-5-4-6-15(11-14)21-18(24)9-8-16-12-25-19(22-16)17-7-2-3-10-20-17/h2-7,10-12H,8-9H2,1H3,(H,21,24). The summed E-state index contributed by atoms with van der Waals surface area (Å²) in [7, 11) is 0. The van der Waals surface area contributed by atoms with E-state index in [1.54, 1.807) is 30.5 Å². The molecule has 3 aromatic rings. The molecule has 0 radical (unpaired) electrons. The fourth-order valence-electron chi connectivity index (χ4n) is 2.31. The highest BCUT2D eigenvalue weighted by atomic mass is 32.1. The lowest BCUT2D eigenvalue weighted by molar-refractivity contribution is -0.116. The molecule has 0 saturated carbocycles. The molecule has 5 nitrogen and oxygen atoms in total. The Morgan fingerprint density at radius 1 is 1.16 bits per heavy atom. The molecule has 0 aliphatic heterocycles. The molecule has 2 aromatic heterocycles. The minimum atomic E-state index is -0.104. The largest absolute Gasteiger partial charge is 0.326 e. The maximum Gasteiger partial charge on any atom is 0.224 e. The Morgan fingerprint density at radius 2 is 2.04 bits per heavy atom. The normalized spacial score (nSPS) is 10.4. The maximum absolute atomic E-state index is 12.1. The number of rotatable bonds is 6. The number of hydrogen-bond donors (Lipinski definition) is 1. The van der Waals surface area contributed by atoms with Crippen LogP contribution in [-0.2, 0) is 11.2 Å². The molecule has 3 rings (SSSR count). The third kappa shape index (κ3) is 4.58. The van der Waals surface area contributed by atoms with E-state index in [1.165, 1.54) is 18.3 Å². The zero-order chi connectivity index (χ0) is 17.6. The Kier molecular flexibility index (Phi) is 5.30. The number of nitrogens with one attached hydrogen (secondary N) is 1. The highest BCUT2D eigenvalue weighted by Crippen LogP contribution is 2.22. The molecule has 0 fully saturated rings. The molecule has 2 heterocycles. The summed E-state index contributed by atoms with van der Waals surface area (Å²) >= 11 is 1.52. The predicted octanol–water partition coefficient (Wildman–Crippen LogP) is 3.98. The van der Waals surface area contributed by atoms with E-state index in [2.05, 4.69) is 15.3 Å². The molecule has 0 bridgehead atoms. The molecule has 1 aromatic carbocycles. The van der Waals surface area contributed by atoms with Gasteiger partial charge in [0.05, 0.1) is 11.4 Å². The van der Waals surface area contributed by atoms with Crippen molar-refractivity contribution in [1.29, 1.82) is 0 Å². The van der Waals surface area contributed by atoms with Crippen LogP contribution in [0.2, 0.25) is 0 Å². The second-order valence-electron chi connectivity index (χ2n) is 5.54. The van der Waals surface area contributed by atoms with Crippen LogP contribution in [0.1, 0.15) is 29.4 Å². The highest BCUT2D eigenvalue weighted by Gasteiger charge is 2.09. The first kappa shape index (κ1) is 17.0. The summed E-state index contributed by atoms with van der Waals surface area (Å²) in [4.78, 5) is 32.3. The van der Waals surface area contributed by atoms with E-state index in [9.17, 15) is 9.59 Å². The number of Topliss-reactive ketones (excluding diaryl/α,β-unsaturated/α-hetero) is 1. The number of thiazole rings is 1. The van der Waals surface area contributed by atoms with Crippen LogP contribution in [0.4, 0.5) is 5.69 Å². The molecule has 0 atom stereocenters. The lowest BCUT2D eigenvalue weighted by atomic mass is 10.1.